The zero-order chi connectivity index (χ0) is 15.0. The highest BCUT2D eigenvalue weighted by Crippen LogP contribution is 2.23. The van der Waals surface area contributed by atoms with Crippen molar-refractivity contribution in [1.82, 2.24) is 9.80 Å². The minimum absolute atomic E-state index is 0.0371. The molecule has 0 aromatic heterocycles. The van der Waals surface area contributed by atoms with Crippen LogP contribution in [0.15, 0.2) is 30.3 Å². The molecule has 1 aromatic carbocycles. The second kappa shape index (κ2) is 8.40. The van der Waals surface area contributed by atoms with Crippen molar-refractivity contribution in [2.45, 2.75) is 25.7 Å². The first kappa shape index (κ1) is 17.2. The Morgan fingerprint density at radius 1 is 1.10 bits per heavy atom. The predicted molar refractivity (Wildman–Crippen MR) is 88.1 cm³/mol. The molecule has 1 aromatic rings. The molecule has 0 heterocycles. The van der Waals surface area contributed by atoms with E-state index in [9.17, 15) is 0 Å². The number of nitrogens with zero attached hydrogens (tertiary/aromatic N) is 2. The molecular formula is C17H31N3. The van der Waals surface area contributed by atoms with Gasteiger partial charge in [0.25, 0.3) is 0 Å². The topological polar surface area (TPSA) is 32.5 Å². The largest absolute Gasteiger partial charge is 0.330 e. The molecule has 20 heavy (non-hydrogen) atoms. The van der Waals surface area contributed by atoms with E-state index >= 15 is 0 Å². The average molecular weight is 277 g/mol. The second-order valence-corrected chi connectivity index (χ2v) is 6.16. The van der Waals surface area contributed by atoms with Gasteiger partial charge in [0.1, 0.15) is 0 Å². The van der Waals surface area contributed by atoms with Crippen LogP contribution in [0.2, 0.25) is 0 Å². The van der Waals surface area contributed by atoms with Crippen LogP contribution in [0.4, 0.5) is 0 Å². The van der Waals surface area contributed by atoms with E-state index in [0.29, 0.717) is 6.54 Å². The first-order valence-corrected chi connectivity index (χ1v) is 7.64. The van der Waals surface area contributed by atoms with Gasteiger partial charge in [-0.1, -0.05) is 44.2 Å². The van der Waals surface area contributed by atoms with E-state index in [1.165, 1.54) is 12.0 Å². The smallest absolute Gasteiger partial charge is 0.0174 e. The molecule has 0 saturated heterocycles. The van der Waals surface area contributed by atoms with Crippen LogP contribution >= 0.6 is 0 Å². The highest BCUT2D eigenvalue weighted by atomic mass is 15.1. The van der Waals surface area contributed by atoms with Crippen molar-refractivity contribution in [1.29, 1.82) is 0 Å². The lowest BCUT2D eigenvalue weighted by molar-refractivity contribution is 0.216. The Morgan fingerprint density at radius 2 is 1.75 bits per heavy atom. The summed E-state index contributed by atoms with van der Waals surface area (Å²) in [5.74, 6) is 0. The van der Waals surface area contributed by atoms with E-state index in [2.05, 4.69) is 68.1 Å². The summed E-state index contributed by atoms with van der Waals surface area (Å²) in [7, 11) is 4.26. The number of hydrogen-bond acceptors (Lipinski definition) is 3. The monoisotopic (exact) mass is 277 g/mol. The van der Waals surface area contributed by atoms with Gasteiger partial charge < -0.3 is 15.5 Å². The maximum atomic E-state index is 6.08. The molecular weight excluding hydrogens is 246 g/mol. The van der Waals surface area contributed by atoms with Gasteiger partial charge in [0, 0.05) is 18.5 Å². The first-order valence-electron chi connectivity index (χ1n) is 7.64. The summed E-state index contributed by atoms with van der Waals surface area (Å²) in [4.78, 5) is 4.76. The maximum absolute atomic E-state index is 6.08. The van der Waals surface area contributed by atoms with Gasteiger partial charge >= 0.3 is 0 Å². The number of rotatable bonds is 9. The normalized spacial score (nSPS) is 14.8. The van der Waals surface area contributed by atoms with E-state index in [0.717, 1.165) is 26.2 Å². The van der Waals surface area contributed by atoms with E-state index in [1.54, 1.807) is 0 Å². The molecule has 0 saturated carbocycles. The van der Waals surface area contributed by atoms with Crippen LogP contribution < -0.4 is 5.73 Å². The van der Waals surface area contributed by atoms with Crippen molar-refractivity contribution in [3.63, 3.8) is 0 Å². The fourth-order valence-electron chi connectivity index (χ4n) is 2.57. The molecule has 0 aliphatic carbocycles. The highest BCUT2D eigenvalue weighted by molar-refractivity contribution is 5.25. The van der Waals surface area contributed by atoms with E-state index in [-0.39, 0.29) is 5.41 Å². The van der Waals surface area contributed by atoms with Crippen molar-refractivity contribution in [2.75, 3.05) is 46.8 Å². The van der Waals surface area contributed by atoms with Crippen LogP contribution in [0.1, 0.15) is 25.8 Å². The zero-order valence-electron chi connectivity index (χ0n) is 13.6. The molecule has 0 aliphatic rings. The zero-order valence-corrected chi connectivity index (χ0v) is 13.6. The fraction of sp³-hybridized carbons (Fsp3) is 0.647. The summed E-state index contributed by atoms with van der Waals surface area (Å²) in [6.45, 7) is 9.57. The van der Waals surface area contributed by atoms with Crippen LogP contribution in [-0.2, 0) is 5.41 Å². The number of benzene rings is 1. The molecule has 3 heteroatoms. The van der Waals surface area contributed by atoms with Crippen molar-refractivity contribution < 1.29 is 0 Å². The molecule has 0 aliphatic heterocycles. The standard InChI is InChI=1S/C17H31N3/c1-5-20(13-9-12-19(3)4)15-17(2,14-18)16-10-7-6-8-11-16/h6-8,10-11H,5,9,12-15,18H2,1-4H3. The second-order valence-electron chi connectivity index (χ2n) is 6.16. The Balaban J connectivity index is 2.65. The van der Waals surface area contributed by atoms with Crippen LogP contribution in [0.3, 0.4) is 0 Å². The Kier molecular flexibility index (Phi) is 7.20. The molecule has 0 bridgehead atoms. The number of nitrogens with two attached hydrogens (primary N) is 1. The molecule has 1 unspecified atom stereocenters. The average Bonchev–Trinajstić information content (AvgIpc) is 2.46. The Morgan fingerprint density at radius 3 is 2.25 bits per heavy atom. The van der Waals surface area contributed by atoms with Gasteiger partial charge in [-0.15, -0.1) is 0 Å². The van der Waals surface area contributed by atoms with Crippen molar-refractivity contribution >= 4 is 0 Å². The van der Waals surface area contributed by atoms with Gasteiger partial charge in [-0.2, -0.15) is 0 Å². The number of hydrogen-bond donors (Lipinski definition) is 1. The van der Waals surface area contributed by atoms with E-state index in [4.69, 9.17) is 5.73 Å². The van der Waals surface area contributed by atoms with Gasteiger partial charge in [-0.25, -0.2) is 0 Å². The van der Waals surface area contributed by atoms with Crippen LogP contribution in [0.5, 0.6) is 0 Å². The maximum Gasteiger partial charge on any atom is 0.0174 e. The Labute approximate surface area is 124 Å². The molecule has 1 rings (SSSR count). The Bertz CT molecular complexity index is 364. The summed E-state index contributed by atoms with van der Waals surface area (Å²) in [5.41, 5.74) is 7.46. The minimum atomic E-state index is 0.0371. The SMILES string of the molecule is CCN(CCCN(C)C)CC(C)(CN)c1ccccc1. The summed E-state index contributed by atoms with van der Waals surface area (Å²) >= 11 is 0. The minimum Gasteiger partial charge on any atom is -0.330 e. The molecule has 1 atom stereocenters. The third-order valence-corrected chi connectivity index (χ3v) is 4.02. The Hall–Kier alpha value is -0.900. The summed E-state index contributed by atoms with van der Waals surface area (Å²) in [6.07, 6.45) is 1.20. The van der Waals surface area contributed by atoms with E-state index < -0.39 is 0 Å². The van der Waals surface area contributed by atoms with Crippen molar-refractivity contribution in [3.05, 3.63) is 35.9 Å². The molecule has 3 nitrogen and oxygen atoms in total. The quantitative estimate of drug-likeness (QED) is 0.751. The van der Waals surface area contributed by atoms with Crippen molar-refractivity contribution in [3.8, 4) is 0 Å². The summed E-state index contributed by atoms with van der Waals surface area (Å²) in [5, 5.41) is 0. The summed E-state index contributed by atoms with van der Waals surface area (Å²) < 4.78 is 0. The lowest BCUT2D eigenvalue weighted by atomic mass is 9.82. The summed E-state index contributed by atoms with van der Waals surface area (Å²) in [6, 6.07) is 10.7. The van der Waals surface area contributed by atoms with Gasteiger partial charge in [0.05, 0.1) is 0 Å². The molecule has 114 valence electrons. The lowest BCUT2D eigenvalue weighted by Gasteiger charge is -2.35. The van der Waals surface area contributed by atoms with Gasteiger partial charge in [0.15, 0.2) is 0 Å². The van der Waals surface area contributed by atoms with Gasteiger partial charge in [-0.3, -0.25) is 0 Å². The molecule has 0 fully saturated rings. The van der Waals surface area contributed by atoms with Gasteiger partial charge in [0.2, 0.25) is 0 Å². The predicted octanol–water partition coefficient (Wildman–Crippen LogP) is 2.18. The highest BCUT2D eigenvalue weighted by Gasteiger charge is 2.27. The molecule has 0 spiro atoms. The van der Waals surface area contributed by atoms with Gasteiger partial charge in [-0.05, 0) is 45.7 Å². The van der Waals surface area contributed by atoms with Crippen LogP contribution in [0.25, 0.3) is 0 Å². The fourth-order valence-corrected chi connectivity index (χ4v) is 2.57. The molecule has 0 amide bonds. The first-order chi connectivity index (χ1) is 9.51. The van der Waals surface area contributed by atoms with Crippen LogP contribution in [-0.4, -0.2) is 56.6 Å². The van der Waals surface area contributed by atoms with E-state index in [1.807, 2.05) is 0 Å². The third-order valence-electron chi connectivity index (χ3n) is 4.02. The number of likely N-dealkylation sites (N-methyl/N-ethyl adjacent to an activating group) is 1. The lowest BCUT2D eigenvalue weighted by Crippen LogP contribution is -2.44. The molecule has 2 N–H and O–H groups in total. The van der Waals surface area contributed by atoms with Crippen molar-refractivity contribution in [2.24, 2.45) is 5.73 Å². The molecule has 0 radical (unpaired) electrons. The van der Waals surface area contributed by atoms with Crippen LogP contribution in [0, 0.1) is 0 Å². The third kappa shape index (κ3) is 5.23.